The van der Waals surface area contributed by atoms with Crippen molar-refractivity contribution in [3.63, 3.8) is 0 Å². The summed E-state index contributed by atoms with van der Waals surface area (Å²) in [6.45, 7) is 9.69. The Morgan fingerprint density at radius 1 is 0.618 bits per heavy atom. The maximum Gasteiger partial charge on any atom is 0.305 e. The molecule has 497 valence electrons. The van der Waals surface area contributed by atoms with E-state index in [1.165, 1.54) is 18.7 Å². The van der Waals surface area contributed by atoms with Gasteiger partial charge in [-0.1, -0.05) is 90.1 Å². The van der Waals surface area contributed by atoms with Gasteiger partial charge in [-0.05, 0) is 88.4 Å². The molecule has 30 nitrogen and oxygen atoms in total. The van der Waals surface area contributed by atoms with Crippen LogP contribution in [0.5, 0.6) is 0 Å². The van der Waals surface area contributed by atoms with Crippen LogP contribution < -0.4 is 76.1 Å². The molecule has 0 bridgehead atoms. The minimum absolute atomic E-state index is 0.0181. The summed E-state index contributed by atoms with van der Waals surface area (Å²) in [5.41, 5.74) is 20.5. The molecule has 1 aromatic rings. The zero-order valence-electron chi connectivity index (χ0n) is 52.0. The maximum atomic E-state index is 15.5. The standard InChI is InChI=1S/C58H97N18O12S/c1-7-33(3)45(74-50(84)40(23-16-27-67-56(62)63)71-49(83)39(22-15-26-66-55(60)61)70-48(82)36(6)69-47(81)35(5)59)53(87)73-42(30-44(79)80)52(86)72-41(24-17-28-68-57(64)65)51(85)75-46(34(4)8-2)54(88)76(38-20-13-10-14-21-38)58(32-77,43(78)25-29-89)31-37-18-11-9-12-19-37/h9,11-12,18-19,33-36,38-42,45-46,89H,7-8,10,13-17,20-31,59H2,1-6H3,(H,69,81)(H,70,82)(H,71,83)(H,72,86)(H,73,87)(H,74,84)(H,75,85)(H,79,80)(H4,60,61,66)(H4,62,63,67)(H4,64,65,68)/t33-,34-,35-,36-,39-,40-,41-,42-,45-,46-,58-/m0/s1. The van der Waals surface area contributed by atoms with Crippen molar-refractivity contribution in [3.8, 4) is 0 Å². The summed E-state index contributed by atoms with van der Waals surface area (Å²) >= 11 is 4.30. The van der Waals surface area contributed by atoms with Gasteiger partial charge in [0.25, 0.3) is 0 Å². The number of nitrogens with one attached hydrogen (secondary N) is 13. The molecular weight excluding hydrogens is 1170 g/mol. The number of hydrogen-bond donors (Lipinski definition) is 19. The van der Waals surface area contributed by atoms with Gasteiger partial charge in [0.05, 0.1) is 12.5 Å². The Bertz CT molecular complexity index is 2580. The predicted octanol–water partition coefficient (Wildman–Crippen LogP) is -1.75. The highest BCUT2D eigenvalue weighted by molar-refractivity contribution is 7.80. The summed E-state index contributed by atoms with van der Waals surface area (Å²) in [6.07, 6.45) is 4.10. The van der Waals surface area contributed by atoms with E-state index in [9.17, 15) is 53.1 Å². The Morgan fingerprint density at radius 2 is 1.04 bits per heavy atom. The highest BCUT2D eigenvalue weighted by Crippen LogP contribution is 2.34. The van der Waals surface area contributed by atoms with Crippen LogP contribution in [-0.2, 0) is 59.2 Å². The topological polar surface area (TPSA) is 507 Å². The first-order valence-electron chi connectivity index (χ1n) is 30.3. The normalized spacial score (nSPS) is 16.3. The molecule has 0 aliphatic heterocycles. The van der Waals surface area contributed by atoms with Gasteiger partial charge >= 0.3 is 5.97 Å². The third-order valence-electron chi connectivity index (χ3n) is 15.5. The van der Waals surface area contributed by atoms with Crippen molar-refractivity contribution in [1.82, 2.24) is 58.1 Å². The van der Waals surface area contributed by atoms with Crippen molar-refractivity contribution in [2.75, 3.05) is 25.4 Å². The fourth-order valence-electron chi connectivity index (χ4n) is 10.0. The SMILES string of the molecule is CC[C@H](C)[C@H](NC(=O)[C@H](CCCNC(=N)N)NC(=O)[C@H](CCCNC(=N)N)NC(=O)[C@H](C)NC(=O)[C@H](C)N)C(=O)N[C@@H](CC(=O)O)C(=O)N[C@@H](CCCNC(=N)N)C(=O)N[C@H](C(=O)N(C1CCCCC1)[C@]([C]=O)(Cc1ccccc1)C(=O)CCS)[C@@H](C)CC. The van der Waals surface area contributed by atoms with E-state index < -0.39 is 143 Å². The van der Waals surface area contributed by atoms with E-state index in [-0.39, 0.29) is 95.1 Å². The molecule has 1 radical (unpaired) electrons. The minimum Gasteiger partial charge on any atom is -0.481 e. The molecule has 89 heavy (non-hydrogen) atoms. The molecule has 2 rings (SSSR count). The quantitative estimate of drug-likeness (QED) is 0.0114. The molecule has 0 unspecified atom stereocenters. The van der Waals surface area contributed by atoms with E-state index in [1.54, 1.807) is 58.0 Å². The average Bonchev–Trinajstić information content (AvgIpc) is 2.58. The fourth-order valence-corrected chi connectivity index (χ4v) is 10.2. The fraction of sp³-hybridized carbons (Fsp3) is 0.655. The predicted molar refractivity (Wildman–Crippen MR) is 337 cm³/mol. The number of rotatable bonds is 41. The number of carboxylic acids is 1. The second-order valence-electron chi connectivity index (χ2n) is 22.6. The minimum atomic E-state index is -2.13. The van der Waals surface area contributed by atoms with Gasteiger partial charge in [0, 0.05) is 38.5 Å². The van der Waals surface area contributed by atoms with Crippen molar-refractivity contribution in [2.24, 2.45) is 34.8 Å². The van der Waals surface area contributed by atoms with E-state index in [1.807, 2.05) is 6.29 Å². The van der Waals surface area contributed by atoms with Gasteiger partial charge < -0.3 is 86.1 Å². The van der Waals surface area contributed by atoms with Crippen molar-refractivity contribution in [3.05, 3.63) is 35.9 Å². The van der Waals surface area contributed by atoms with Crippen molar-refractivity contribution in [2.45, 2.75) is 204 Å². The summed E-state index contributed by atoms with van der Waals surface area (Å²) < 4.78 is 0. The van der Waals surface area contributed by atoms with Crippen LogP contribution in [0.2, 0.25) is 0 Å². The molecule has 0 spiro atoms. The van der Waals surface area contributed by atoms with Gasteiger partial charge in [0.1, 0.15) is 42.3 Å². The van der Waals surface area contributed by atoms with E-state index in [0.29, 0.717) is 37.7 Å². The van der Waals surface area contributed by atoms with Crippen molar-refractivity contribution >= 4 is 95.8 Å². The first kappa shape index (κ1) is 77.0. The molecule has 0 aromatic heterocycles. The Hall–Kier alpha value is -8.09. The molecule has 31 heteroatoms. The summed E-state index contributed by atoms with van der Waals surface area (Å²) in [7, 11) is 0. The van der Waals surface area contributed by atoms with Gasteiger partial charge in [-0.2, -0.15) is 12.6 Å². The van der Waals surface area contributed by atoms with Crippen LogP contribution in [0.15, 0.2) is 30.3 Å². The number of thiol groups is 1. The van der Waals surface area contributed by atoms with Gasteiger partial charge in [0.2, 0.25) is 53.5 Å². The lowest BCUT2D eigenvalue weighted by Crippen LogP contribution is -2.68. The number of carbonyl (C=O) groups excluding carboxylic acids is 10. The number of carbonyl (C=O) groups is 10. The first-order chi connectivity index (χ1) is 42.1. The number of carboxylic acid groups (broad SMARTS) is 1. The summed E-state index contributed by atoms with van der Waals surface area (Å²) in [5.74, 6) is -11.7. The second-order valence-corrected chi connectivity index (χ2v) is 23.0. The second kappa shape index (κ2) is 39.7. The molecular formula is C58H97N18O12S. The average molecular weight is 1270 g/mol. The lowest BCUT2D eigenvalue weighted by molar-refractivity contribution is -0.151. The Labute approximate surface area is 526 Å². The van der Waals surface area contributed by atoms with E-state index in [0.717, 1.165) is 6.42 Å². The number of ketones is 1. The molecule has 1 fully saturated rings. The molecule has 11 atom stereocenters. The summed E-state index contributed by atoms with van der Waals surface area (Å²) in [4.78, 5) is 156. The van der Waals surface area contributed by atoms with Crippen LogP contribution in [0.3, 0.4) is 0 Å². The van der Waals surface area contributed by atoms with Gasteiger partial charge in [0.15, 0.2) is 29.2 Å². The highest BCUT2D eigenvalue weighted by atomic mass is 32.1. The molecule has 1 aliphatic carbocycles. The zero-order chi connectivity index (χ0) is 67.0. The third kappa shape index (κ3) is 26.3. The number of aliphatic carboxylic acids is 1. The smallest absolute Gasteiger partial charge is 0.305 e. The molecule has 0 heterocycles. The van der Waals surface area contributed by atoms with Crippen LogP contribution in [0.25, 0.3) is 0 Å². The number of amides is 8. The lowest BCUT2D eigenvalue weighted by Gasteiger charge is -2.46. The van der Waals surface area contributed by atoms with Crippen LogP contribution in [-0.4, -0.2) is 178 Å². The zero-order valence-corrected chi connectivity index (χ0v) is 52.9. The van der Waals surface area contributed by atoms with E-state index in [2.05, 4.69) is 65.8 Å². The number of Topliss-reactive ketones (excluding diaryl/α,β-unsaturated/α-hetero) is 1. The Morgan fingerprint density at radius 3 is 1.47 bits per heavy atom. The first-order valence-corrected chi connectivity index (χ1v) is 30.9. The molecule has 1 aliphatic rings. The van der Waals surface area contributed by atoms with E-state index >= 15 is 4.79 Å². The van der Waals surface area contributed by atoms with Crippen LogP contribution in [0.4, 0.5) is 0 Å². The molecule has 1 aromatic carbocycles. The Balaban J connectivity index is 2.66. The van der Waals surface area contributed by atoms with Gasteiger partial charge in [-0.25, -0.2) is 0 Å². The van der Waals surface area contributed by atoms with E-state index in [4.69, 9.17) is 39.2 Å². The molecule has 22 N–H and O–H groups in total. The number of hydrogen-bond acceptors (Lipinski definition) is 16. The van der Waals surface area contributed by atoms with Crippen molar-refractivity contribution < 1.29 is 57.8 Å². The number of guanidine groups is 3. The van der Waals surface area contributed by atoms with Gasteiger partial charge in [-0.15, -0.1) is 0 Å². The van der Waals surface area contributed by atoms with Crippen LogP contribution in [0, 0.1) is 28.1 Å². The molecule has 1 saturated carbocycles. The number of benzene rings is 1. The number of nitrogens with zero attached hydrogens (tertiary/aromatic N) is 1. The third-order valence-corrected chi connectivity index (χ3v) is 15.7. The molecule has 8 amide bonds. The van der Waals surface area contributed by atoms with Crippen LogP contribution >= 0.6 is 12.6 Å². The lowest BCUT2D eigenvalue weighted by atomic mass is 9.80. The van der Waals surface area contributed by atoms with Gasteiger partial charge in [-0.3, -0.25) is 69.0 Å². The summed E-state index contributed by atoms with van der Waals surface area (Å²) in [5, 5.41) is 58.8. The van der Waals surface area contributed by atoms with Crippen molar-refractivity contribution in [1.29, 1.82) is 16.2 Å². The highest BCUT2D eigenvalue weighted by Gasteiger charge is 2.52. The van der Waals surface area contributed by atoms with Crippen LogP contribution in [0.1, 0.15) is 143 Å². The maximum absolute atomic E-state index is 15.5. The summed E-state index contributed by atoms with van der Waals surface area (Å²) in [6, 6.07) is -3.27. The monoisotopic (exact) mass is 1270 g/mol. The number of nitrogens with two attached hydrogens (primary N) is 4. The largest absolute Gasteiger partial charge is 0.481 e. The molecule has 0 saturated heterocycles. The Kier molecular flexibility index (Phi) is 34.4.